The predicted molar refractivity (Wildman–Crippen MR) is 78.6 cm³/mol. The van der Waals surface area contributed by atoms with Crippen LogP contribution in [-0.4, -0.2) is 35.9 Å². The molecule has 0 bridgehead atoms. The van der Waals surface area contributed by atoms with Gasteiger partial charge in [-0.2, -0.15) is 5.10 Å². The zero-order valence-corrected chi connectivity index (χ0v) is 12.1. The van der Waals surface area contributed by atoms with Crippen LogP contribution in [0, 0.1) is 6.92 Å². The second-order valence-electron chi connectivity index (χ2n) is 4.88. The van der Waals surface area contributed by atoms with E-state index < -0.39 is 0 Å². The van der Waals surface area contributed by atoms with Crippen molar-refractivity contribution >= 4 is 16.8 Å². The summed E-state index contributed by atoms with van der Waals surface area (Å²) in [7, 11) is 1.66. The lowest BCUT2D eigenvalue weighted by Crippen LogP contribution is -2.26. The molecule has 5 nitrogen and oxygen atoms in total. The van der Waals surface area contributed by atoms with Crippen LogP contribution >= 0.6 is 0 Å². The molecule has 1 N–H and O–H groups in total. The molecule has 2 rings (SSSR count). The van der Waals surface area contributed by atoms with E-state index in [1.165, 1.54) is 5.56 Å². The van der Waals surface area contributed by atoms with Gasteiger partial charge in [-0.25, -0.2) is 0 Å². The van der Waals surface area contributed by atoms with Crippen LogP contribution in [0.1, 0.15) is 18.4 Å². The summed E-state index contributed by atoms with van der Waals surface area (Å²) in [5.74, 6) is 0.0532. The van der Waals surface area contributed by atoms with Crippen LogP contribution in [-0.2, 0) is 16.1 Å². The lowest BCUT2D eigenvalue weighted by molar-refractivity contribution is -0.121. The number of hydrogen-bond acceptors (Lipinski definition) is 3. The van der Waals surface area contributed by atoms with Gasteiger partial charge in [-0.1, -0.05) is 12.1 Å². The molecule has 20 heavy (non-hydrogen) atoms. The van der Waals surface area contributed by atoms with Gasteiger partial charge in [0.1, 0.15) is 0 Å². The molecule has 0 atom stereocenters. The van der Waals surface area contributed by atoms with E-state index >= 15 is 0 Å². The molecular formula is C15H21N3O2. The first kappa shape index (κ1) is 14.5. The van der Waals surface area contributed by atoms with Gasteiger partial charge in [0.05, 0.1) is 18.3 Å². The molecule has 1 amide bonds. The van der Waals surface area contributed by atoms with E-state index in [2.05, 4.69) is 35.5 Å². The number of carbonyl (C=O) groups excluding carboxylic acids is 1. The maximum atomic E-state index is 11.7. The topological polar surface area (TPSA) is 56.1 Å². The van der Waals surface area contributed by atoms with Crippen molar-refractivity contribution in [2.45, 2.75) is 26.3 Å². The molecule has 1 heterocycles. The minimum absolute atomic E-state index is 0.0532. The third kappa shape index (κ3) is 3.81. The van der Waals surface area contributed by atoms with Crippen LogP contribution in [0.5, 0.6) is 0 Å². The maximum Gasteiger partial charge on any atom is 0.221 e. The fourth-order valence-corrected chi connectivity index (χ4v) is 2.10. The number of aromatic nitrogens is 2. The first-order valence-corrected chi connectivity index (χ1v) is 6.88. The number of amides is 1. The Morgan fingerprint density at radius 3 is 3.10 bits per heavy atom. The second kappa shape index (κ2) is 7.05. The number of benzene rings is 1. The molecular weight excluding hydrogens is 254 g/mol. The van der Waals surface area contributed by atoms with Crippen molar-refractivity contribution < 1.29 is 9.53 Å². The van der Waals surface area contributed by atoms with E-state index in [4.69, 9.17) is 4.74 Å². The standard InChI is InChI=1S/C15H21N3O2/c1-12-4-5-13-11-17-18(14(13)10-12)8-6-15(19)16-7-3-9-20-2/h4-5,10-11H,3,6-9H2,1-2H3,(H,16,19). The lowest BCUT2D eigenvalue weighted by Gasteiger charge is -2.06. The first-order valence-electron chi connectivity index (χ1n) is 6.88. The zero-order chi connectivity index (χ0) is 14.4. The summed E-state index contributed by atoms with van der Waals surface area (Å²) in [5.41, 5.74) is 2.28. The maximum absolute atomic E-state index is 11.7. The van der Waals surface area contributed by atoms with Crippen molar-refractivity contribution in [1.82, 2.24) is 15.1 Å². The van der Waals surface area contributed by atoms with Gasteiger partial charge in [0.15, 0.2) is 0 Å². The molecule has 0 aliphatic carbocycles. The molecule has 5 heteroatoms. The molecule has 1 aromatic carbocycles. The fourth-order valence-electron chi connectivity index (χ4n) is 2.10. The smallest absolute Gasteiger partial charge is 0.221 e. The second-order valence-corrected chi connectivity index (χ2v) is 4.88. The van der Waals surface area contributed by atoms with E-state index in [0.717, 1.165) is 17.3 Å². The monoisotopic (exact) mass is 275 g/mol. The van der Waals surface area contributed by atoms with E-state index in [1.54, 1.807) is 7.11 Å². The van der Waals surface area contributed by atoms with Crippen molar-refractivity contribution in [2.24, 2.45) is 0 Å². The molecule has 1 aromatic heterocycles. The van der Waals surface area contributed by atoms with Crippen LogP contribution < -0.4 is 5.32 Å². The van der Waals surface area contributed by atoms with Crippen LogP contribution in [0.3, 0.4) is 0 Å². The number of hydrogen-bond donors (Lipinski definition) is 1. The Kier molecular flexibility index (Phi) is 5.12. The van der Waals surface area contributed by atoms with Crippen LogP contribution in [0.15, 0.2) is 24.4 Å². The van der Waals surface area contributed by atoms with Crippen molar-refractivity contribution in [3.63, 3.8) is 0 Å². The highest BCUT2D eigenvalue weighted by Gasteiger charge is 2.05. The van der Waals surface area contributed by atoms with E-state index in [0.29, 0.717) is 26.1 Å². The quantitative estimate of drug-likeness (QED) is 0.785. The van der Waals surface area contributed by atoms with E-state index in [1.807, 2.05) is 10.9 Å². The average molecular weight is 275 g/mol. The van der Waals surface area contributed by atoms with Crippen molar-refractivity contribution in [3.8, 4) is 0 Å². The van der Waals surface area contributed by atoms with Crippen molar-refractivity contribution in [3.05, 3.63) is 30.0 Å². The summed E-state index contributed by atoms with van der Waals surface area (Å²) in [6, 6.07) is 6.22. The van der Waals surface area contributed by atoms with Gasteiger partial charge in [0, 0.05) is 32.1 Å². The van der Waals surface area contributed by atoms with Gasteiger partial charge in [-0.05, 0) is 25.0 Å². The number of aryl methyl sites for hydroxylation is 2. The number of carbonyl (C=O) groups is 1. The molecule has 0 spiro atoms. The summed E-state index contributed by atoms with van der Waals surface area (Å²) >= 11 is 0. The minimum Gasteiger partial charge on any atom is -0.385 e. The van der Waals surface area contributed by atoms with Gasteiger partial charge in [0.25, 0.3) is 0 Å². The lowest BCUT2D eigenvalue weighted by atomic mass is 10.2. The summed E-state index contributed by atoms with van der Waals surface area (Å²) in [5, 5.41) is 8.32. The van der Waals surface area contributed by atoms with E-state index in [-0.39, 0.29) is 5.91 Å². The molecule has 0 saturated heterocycles. The summed E-state index contributed by atoms with van der Waals surface area (Å²) in [6.45, 7) is 3.98. The molecule has 0 saturated carbocycles. The Labute approximate surface area is 118 Å². The Bertz CT molecular complexity index is 578. The Morgan fingerprint density at radius 2 is 2.30 bits per heavy atom. The molecule has 2 aromatic rings. The van der Waals surface area contributed by atoms with Gasteiger partial charge in [0.2, 0.25) is 5.91 Å². The number of fused-ring (bicyclic) bond motifs is 1. The molecule has 0 fully saturated rings. The highest BCUT2D eigenvalue weighted by atomic mass is 16.5. The largest absolute Gasteiger partial charge is 0.385 e. The highest BCUT2D eigenvalue weighted by molar-refractivity contribution is 5.80. The average Bonchev–Trinajstić information content (AvgIpc) is 2.83. The van der Waals surface area contributed by atoms with Crippen molar-refractivity contribution in [2.75, 3.05) is 20.3 Å². The Morgan fingerprint density at radius 1 is 1.45 bits per heavy atom. The molecule has 0 aliphatic heterocycles. The SMILES string of the molecule is COCCCNC(=O)CCn1ncc2ccc(C)cc21. The fraction of sp³-hybridized carbons (Fsp3) is 0.467. The predicted octanol–water partition coefficient (Wildman–Crippen LogP) is 1.89. The van der Waals surface area contributed by atoms with Gasteiger partial charge in [-0.3, -0.25) is 9.48 Å². The van der Waals surface area contributed by atoms with Crippen molar-refractivity contribution in [1.29, 1.82) is 0 Å². The van der Waals surface area contributed by atoms with Crippen LogP contribution in [0.25, 0.3) is 10.9 Å². The summed E-state index contributed by atoms with van der Waals surface area (Å²) in [6.07, 6.45) is 3.12. The molecule has 0 radical (unpaired) electrons. The third-order valence-corrected chi connectivity index (χ3v) is 3.20. The number of rotatable bonds is 7. The Balaban J connectivity index is 1.86. The minimum atomic E-state index is 0.0532. The van der Waals surface area contributed by atoms with Gasteiger partial charge < -0.3 is 10.1 Å². The third-order valence-electron chi connectivity index (χ3n) is 3.20. The normalized spacial score (nSPS) is 10.9. The number of nitrogens with zero attached hydrogens (tertiary/aromatic N) is 2. The molecule has 0 unspecified atom stereocenters. The number of ether oxygens (including phenoxy) is 1. The first-order chi connectivity index (χ1) is 9.70. The van der Waals surface area contributed by atoms with Gasteiger partial charge in [-0.15, -0.1) is 0 Å². The number of nitrogens with one attached hydrogen (secondary N) is 1. The van der Waals surface area contributed by atoms with E-state index in [9.17, 15) is 4.79 Å². The van der Waals surface area contributed by atoms with Crippen LogP contribution in [0.4, 0.5) is 0 Å². The van der Waals surface area contributed by atoms with Crippen LogP contribution in [0.2, 0.25) is 0 Å². The number of methoxy groups -OCH3 is 1. The Hall–Kier alpha value is -1.88. The summed E-state index contributed by atoms with van der Waals surface area (Å²) in [4.78, 5) is 11.7. The summed E-state index contributed by atoms with van der Waals surface area (Å²) < 4.78 is 6.82. The highest BCUT2D eigenvalue weighted by Crippen LogP contribution is 2.15. The molecule has 0 aliphatic rings. The zero-order valence-electron chi connectivity index (χ0n) is 12.1. The molecule has 108 valence electrons. The van der Waals surface area contributed by atoms with Gasteiger partial charge >= 0.3 is 0 Å².